The van der Waals surface area contributed by atoms with E-state index in [0.29, 0.717) is 3.79 Å². The Morgan fingerprint density at radius 2 is 2.13 bits per heavy atom. The van der Waals surface area contributed by atoms with Gasteiger partial charge in [-0.2, -0.15) is 4.72 Å². The quantitative estimate of drug-likeness (QED) is 0.381. The molecule has 0 radical (unpaired) electrons. The molecule has 7 nitrogen and oxygen atoms in total. The molecule has 122 valence electrons. The molecule has 23 heavy (non-hydrogen) atoms. The van der Waals surface area contributed by atoms with E-state index in [4.69, 9.17) is 16.1 Å². The summed E-state index contributed by atoms with van der Waals surface area (Å²) in [5.41, 5.74) is 0. The molecule has 0 aliphatic carbocycles. The number of nitrogens with one attached hydrogen (secondary N) is 1. The van der Waals surface area contributed by atoms with Gasteiger partial charge < -0.3 is 9.42 Å². The van der Waals surface area contributed by atoms with Crippen LogP contribution in [0.3, 0.4) is 0 Å². The second-order valence-electron chi connectivity index (χ2n) is 3.89. The van der Waals surface area contributed by atoms with Crippen LogP contribution in [0.2, 0.25) is 5.15 Å². The summed E-state index contributed by atoms with van der Waals surface area (Å²) < 4.78 is 43.4. The van der Waals surface area contributed by atoms with Gasteiger partial charge in [0, 0.05) is 6.20 Å². The normalized spacial score (nSPS) is 13.9. The van der Waals surface area contributed by atoms with Crippen molar-refractivity contribution in [3.8, 4) is 5.75 Å². The molecular formula is C10H10BrClN2NaO5PS2. The van der Waals surface area contributed by atoms with Gasteiger partial charge in [-0.15, -0.1) is 11.3 Å². The number of sulfonamides is 1. The molecule has 2 aromatic rings. The van der Waals surface area contributed by atoms with Crippen molar-refractivity contribution in [1.82, 2.24) is 9.71 Å². The third-order valence-electron chi connectivity index (χ3n) is 2.23. The molecule has 2 aromatic heterocycles. The molecule has 2 N–H and O–H groups in total. The van der Waals surface area contributed by atoms with Gasteiger partial charge in [-0.1, -0.05) is 11.6 Å². The summed E-state index contributed by atoms with van der Waals surface area (Å²) in [7, 11) is -8.17. The molecule has 2 heterocycles. The van der Waals surface area contributed by atoms with E-state index in [-0.39, 0.29) is 44.7 Å². The van der Waals surface area contributed by atoms with Crippen molar-refractivity contribution in [2.75, 3.05) is 6.29 Å². The van der Waals surface area contributed by atoms with Crippen LogP contribution in [0.4, 0.5) is 0 Å². The molecule has 0 saturated carbocycles. The van der Waals surface area contributed by atoms with Crippen molar-refractivity contribution < 1.29 is 22.4 Å². The number of nitrogens with zero attached hydrogens (tertiary/aromatic N) is 1. The zero-order valence-corrected chi connectivity index (χ0v) is 15.5. The fourth-order valence-corrected chi connectivity index (χ4v) is 6.08. The third kappa shape index (κ3) is 6.39. The molecule has 0 spiro atoms. The average molecular weight is 472 g/mol. The third-order valence-corrected chi connectivity index (χ3v) is 7.29. The van der Waals surface area contributed by atoms with E-state index in [0.717, 1.165) is 11.3 Å². The van der Waals surface area contributed by atoms with Crippen LogP contribution in [-0.4, -0.2) is 54.1 Å². The number of hydrogen-bond donors (Lipinski definition) is 2. The van der Waals surface area contributed by atoms with Crippen LogP contribution in [0.5, 0.6) is 5.75 Å². The van der Waals surface area contributed by atoms with Gasteiger partial charge in [0.1, 0.15) is 10.5 Å². The molecule has 0 aromatic carbocycles. The summed E-state index contributed by atoms with van der Waals surface area (Å²) in [4.78, 5) is 13.4. The standard InChI is InChI=1S/C10H9BrClN2O5PS2.Na.H/c11-8-3-4-9(21-8)22(17,18)14-6-20(15,16)19-7-2-1-5-13-10(7)12;;/h1-5,14H,6H2,(H,15,16);;. The minimum absolute atomic E-state index is 0. The Hall–Kier alpha value is 0.520. The van der Waals surface area contributed by atoms with Gasteiger partial charge in [0.05, 0.1) is 3.79 Å². The Morgan fingerprint density at radius 3 is 2.70 bits per heavy atom. The number of pyridine rings is 1. The zero-order valence-electron chi connectivity index (χ0n) is 10.6. The molecular weight excluding hydrogens is 462 g/mol. The van der Waals surface area contributed by atoms with E-state index in [1.807, 2.05) is 4.72 Å². The first kappa shape index (κ1) is 21.6. The van der Waals surface area contributed by atoms with Crippen LogP contribution in [0, 0.1) is 0 Å². The molecule has 0 saturated heterocycles. The maximum atomic E-state index is 12.0. The summed E-state index contributed by atoms with van der Waals surface area (Å²) in [6, 6.07) is 5.75. The molecule has 1 atom stereocenters. The van der Waals surface area contributed by atoms with E-state index in [2.05, 4.69) is 20.9 Å². The fourth-order valence-electron chi connectivity index (χ4n) is 1.31. The number of hydrogen-bond acceptors (Lipinski definition) is 6. The fraction of sp³-hybridized carbons (Fsp3) is 0.100. The van der Waals surface area contributed by atoms with Crippen molar-refractivity contribution in [2.24, 2.45) is 0 Å². The van der Waals surface area contributed by atoms with Crippen molar-refractivity contribution in [1.29, 1.82) is 0 Å². The number of halogens is 2. The first-order valence-corrected chi connectivity index (χ1v) is 10.8. The summed E-state index contributed by atoms with van der Waals surface area (Å²) in [5.74, 6) is -0.104. The first-order chi connectivity index (χ1) is 10.2. The first-order valence-electron chi connectivity index (χ1n) is 5.56. The number of aromatic nitrogens is 1. The second kappa shape index (κ2) is 8.75. The SMILES string of the molecule is O=P(O)(CNS(=O)(=O)c1ccc(Br)s1)Oc1cccnc1Cl.[NaH]. The van der Waals surface area contributed by atoms with Gasteiger partial charge in [0.25, 0.3) is 10.0 Å². The van der Waals surface area contributed by atoms with Crippen molar-refractivity contribution in [3.05, 3.63) is 39.4 Å². The summed E-state index contributed by atoms with van der Waals surface area (Å²) >= 11 is 9.83. The van der Waals surface area contributed by atoms with E-state index in [1.165, 1.54) is 24.4 Å². The van der Waals surface area contributed by atoms with E-state index >= 15 is 0 Å². The van der Waals surface area contributed by atoms with Crippen molar-refractivity contribution in [2.45, 2.75) is 4.21 Å². The molecule has 0 bridgehead atoms. The van der Waals surface area contributed by atoms with Crippen LogP contribution >= 0.6 is 46.5 Å². The Kier molecular flexibility index (Phi) is 8.21. The molecule has 2 rings (SSSR count). The molecule has 0 aliphatic rings. The number of rotatable bonds is 6. The van der Waals surface area contributed by atoms with Crippen LogP contribution in [0.1, 0.15) is 0 Å². The topological polar surface area (TPSA) is 106 Å². The van der Waals surface area contributed by atoms with Crippen molar-refractivity contribution in [3.63, 3.8) is 0 Å². The predicted octanol–water partition coefficient (Wildman–Crippen LogP) is 2.41. The van der Waals surface area contributed by atoms with E-state index in [9.17, 15) is 17.9 Å². The van der Waals surface area contributed by atoms with Crippen LogP contribution in [0.15, 0.2) is 38.5 Å². The average Bonchev–Trinajstić information content (AvgIpc) is 2.87. The van der Waals surface area contributed by atoms with Gasteiger partial charge >= 0.3 is 37.2 Å². The number of thiophene rings is 1. The van der Waals surface area contributed by atoms with E-state index in [1.54, 1.807) is 6.07 Å². The second-order valence-corrected chi connectivity index (χ2v) is 10.5. The molecule has 0 fully saturated rings. The minimum atomic E-state index is -4.27. The zero-order chi connectivity index (χ0) is 16.4. The van der Waals surface area contributed by atoms with Crippen LogP contribution in [-0.2, 0) is 14.6 Å². The Bertz CT molecular complexity index is 834. The van der Waals surface area contributed by atoms with E-state index < -0.39 is 23.9 Å². The summed E-state index contributed by atoms with van der Waals surface area (Å²) in [5, 5.41) is -0.0955. The predicted molar refractivity (Wildman–Crippen MR) is 94.1 cm³/mol. The van der Waals surface area contributed by atoms with Gasteiger partial charge in [0.15, 0.2) is 10.9 Å². The van der Waals surface area contributed by atoms with Crippen LogP contribution in [0.25, 0.3) is 0 Å². The summed E-state index contributed by atoms with van der Waals surface area (Å²) in [6.45, 7) is 0. The molecule has 0 amide bonds. The maximum absolute atomic E-state index is 12.0. The monoisotopic (exact) mass is 470 g/mol. The van der Waals surface area contributed by atoms with Crippen molar-refractivity contribution >= 4 is 86.0 Å². The van der Waals surface area contributed by atoms with Crippen LogP contribution < -0.4 is 9.25 Å². The Labute approximate surface area is 172 Å². The Balaban J connectivity index is 0.00000264. The van der Waals surface area contributed by atoms with Gasteiger partial charge in [0.2, 0.25) is 0 Å². The molecule has 1 unspecified atom stereocenters. The molecule has 0 aliphatic heterocycles. The Morgan fingerprint density at radius 1 is 1.43 bits per heavy atom. The van der Waals surface area contributed by atoms with Gasteiger partial charge in [-0.05, 0) is 40.2 Å². The van der Waals surface area contributed by atoms with Gasteiger partial charge in [-0.25, -0.2) is 18.0 Å². The molecule has 13 heteroatoms. The summed E-state index contributed by atoms with van der Waals surface area (Å²) in [6.07, 6.45) is 0.588. The van der Waals surface area contributed by atoms with Gasteiger partial charge in [-0.3, -0.25) is 0 Å².